The zero-order valence-electron chi connectivity index (χ0n) is 14.8. The third-order valence-corrected chi connectivity index (χ3v) is 6.48. The van der Waals surface area contributed by atoms with Gasteiger partial charge < -0.3 is 5.73 Å². The van der Waals surface area contributed by atoms with Crippen LogP contribution < -0.4 is 5.73 Å². The lowest BCUT2D eigenvalue weighted by Crippen LogP contribution is -2.21. The van der Waals surface area contributed by atoms with Crippen LogP contribution in [0.3, 0.4) is 0 Å². The van der Waals surface area contributed by atoms with Crippen LogP contribution in [0.25, 0.3) is 0 Å². The van der Waals surface area contributed by atoms with Gasteiger partial charge in [0.25, 0.3) is 0 Å². The number of benzene rings is 1. The zero-order valence-corrected chi connectivity index (χ0v) is 15.6. The molecular weight excluding hydrogens is 304 g/mol. The molecule has 128 valence electrons. The highest BCUT2D eigenvalue weighted by molar-refractivity contribution is 6.31. The van der Waals surface area contributed by atoms with Gasteiger partial charge in [0.1, 0.15) is 0 Å². The van der Waals surface area contributed by atoms with E-state index in [0.717, 1.165) is 24.5 Å². The van der Waals surface area contributed by atoms with Crippen molar-refractivity contribution in [2.45, 2.75) is 57.9 Å². The van der Waals surface area contributed by atoms with Crippen LogP contribution in [0, 0.1) is 11.3 Å². The van der Waals surface area contributed by atoms with Gasteiger partial charge in [-0.25, -0.2) is 0 Å². The smallest absolute Gasteiger partial charge is 0.0444 e. The van der Waals surface area contributed by atoms with Gasteiger partial charge in [0.15, 0.2) is 0 Å². The first kappa shape index (κ1) is 17.3. The number of nitrogens with two attached hydrogens (primary N) is 1. The Bertz CT molecular complexity index is 545. The average Bonchev–Trinajstić information content (AvgIpc) is 2.89. The lowest BCUT2D eigenvalue weighted by atomic mass is 9.71. The molecule has 2 unspecified atom stereocenters. The quantitative estimate of drug-likeness (QED) is 0.845. The second-order valence-electron chi connectivity index (χ2n) is 8.51. The summed E-state index contributed by atoms with van der Waals surface area (Å²) < 4.78 is 0. The summed E-state index contributed by atoms with van der Waals surface area (Å²) in [5.41, 5.74) is 9.08. The van der Waals surface area contributed by atoms with E-state index in [1.165, 1.54) is 36.8 Å². The van der Waals surface area contributed by atoms with Crippen LogP contribution >= 0.6 is 11.6 Å². The molecule has 1 heterocycles. The van der Waals surface area contributed by atoms with Crippen LogP contribution in [-0.4, -0.2) is 25.0 Å². The molecular formula is C20H31ClN2. The second kappa shape index (κ2) is 6.74. The molecule has 1 aliphatic heterocycles. The van der Waals surface area contributed by atoms with Crippen molar-refractivity contribution in [3.05, 3.63) is 34.3 Å². The van der Waals surface area contributed by atoms with Gasteiger partial charge in [0.05, 0.1) is 0 Å². The molecule has 2 atom stereocenters. The maximum absolute atomic E-state index is 6.69. The van der Waals surface area contributed by atoms with Crippen LogP contribution in [0.2, 0.25) is 5.02 Å². The normalized spacial score (nSPS) is 29.1. The summed E-state index contributed by atoms with van der Waals surface area (Å²) >= 11 is 6.69. The summed E-state index contributed by atoms with van der Waals surface area (Å²) in [7, 11) is 2.20. The van der Waals surface area contributed by atoms with Crippen LogP contribution in [0.5, 0.6) is 0 Å². The molecule has 1 saturated carbocycles. The molecule has 2 fully saturated rings. The summed E-state index contributed by atoms with van der Waals surface area (Å²) in [6, 6.07) is 7.29. The van der Waals surface area contributed by atoms with E-state index < -0.39 is 0 Å². The monoisotopic (exact) mass is 334 g/mol. The molecule has 0 aromatic heterocycles. The maximum atomic E-state index is 6.69. The van der Waals surface area contributed by atoms with E-state index in [-0.39, 0.29) is 0 Å². The summed E-state index contributed by atoms with van der Waals surface area (Å²) in [5.74, 6) is 1.26. The molecule has 23 heavy (non-hydrogen) atoms. The first-order valence-corrected chi connectivity index (χ1v) is 9.47. The van der Waals surface area contributed by atoms with Gasteiger partial charge in [-0.1, -0.05) is 37.6 Å². The van der Waals surface area contributed by atoms with Crippen molar-refractivity contribution < 1.29 is 0 Å². The van der Waals surface area contributed by atoms with E-state index in [0.29, 0.717) is 23.3 Å². The SMILES string of the molecule is CN1CC(CN)CC1c1ccc(C2CCC(C)(C)CC2)c(Cl)c1. The van der Waals surface area contributed by atoms with Gasteiger partial charge in [-0.15, -0.1) is 0 Å². The molecule has 2 aliphatic rings. The van der Waals surface area contributed by atoms with Crippen LogP contribution in [0.4, 0.5) is 0 Å². The number of nitrogens with zero attached hydrogens (tertiary/aromatic N) is 1. The van der Waals surface area contributed by atoms with Crippen molar-refractivity contribution in [2.75, 3.05) is 20.1 Å². The minimum atomic E-state index is 0.473. The molecule has 0 amide bonds. The van der Waals surface area contributed by atoms with E-state index in [9.17, 15) is 0 Å². The van der Waals surface area contributed by atoms with E-state index >= 15 is 0 Å². The van der Waals surface area contributed by atoms with Gasteiger partial charge in [0.2, 0.25) is 0 Å². The van der Waals surface area contributed by atoms with Crippen molar-refractivity contribution in [3.63, 3.8) is 0 Å². The van der Waals surface area contributed by atoms with E-state index in [4.69, 9.17) is 17.3 Å². The third-order valence-electron chi connectivity index (χ3n) is 6.16. The Hall–Kier alpha value is -0.570. The van der Waals surface area contributed by atoms with Gasteiger partial charge in [-0.3, -0.25) is 4.90 Å². The molecule has 1 aromatic rings. The standard InChI is InChI=1S/C20H31ClN2/c1-20(2)8-6-15(7-9-20)17-5-4-16(11-18(17)21)19-10-14(12-22)13-23(19)3/h4-5,11,14-15,19H,6-10,12-13,22H2,1-3H3. The predicted molar refractivity (Wildman–Crippen MR) is 99.0 cm³/mol. The fourth-order valence-corrected chi connectivity index (χ4v) is 4.80. The molecule has 2 N–H and O–H groups in total. The molecule has 2 nitrogen and oxygen atoms in total. The van der Waals surface area contributed by atoms with E-state index in [1.54, 1.807) is 0 Å². The number of hydrogen-bond donors (Lipinski definition) is 1. The summed E-state index contributed by atoms with van der Waals surface area (Å²) in [4.78, 5) is 2.42. The molecule has 1 aliphatic carbocycles. The average molecular weight is 335 g/mol. The minimum absolute atomic E-state index is 0.473. The Balaban J connectivity index is 1.74. The van der Waals surface area contributed by atoms with Crippen LogP contribution in [0.15, 0.2) is 18.2 Å². The van der Waals surface area contributed by atoms with Crippen molar-refractivity contribution in [2.24, 2.45) is 17.1 Å². The summed E-state index contributed by atoms with van der Waals surface area (Å²) in [6.07, 6.45) is 6.30. The molecule has 1 saturated heterocycles. The predicted octanol–water partition coefficient (Wildman–Crippen LogP) is 4.98. The Morgan fingerprint density at radius 2 is 1.96 bits per heavy atom. The summed E-state index contributed by atoms with van der Waals surface area (Å²) in [5, 5.41) is 0.969. The third kappa shape index (κ3) is 3.75. The minimum Gasteiger partial charge on any atom is -0.330 e. The van der Waals surface area contributed by atoms with Crippen molar-refractivity contribution in [1.82, 2.24) is 4.90 Å². The highest BCUT2D eigenvalue weighted by atomic mass is 35.5. The second-order valence-corrected chi connectivity index (χ2v) is 8.92. The fourth-order valence-electron chi connectivity index (χ4n) is 4.46. The van der Waals surface area contributed by atoms with Gasteiger partial charge >= 0.3 is 0 Å². The Morgan fingerprint density at radius 1 is 1.26 bits per heavy atom. The lowest BCUT2D eigenvalue weighted by Gasteiger charge is -2.35. The Morgan fingerprint density at radius 3 is 2.52 bits per heavy atom. The molecule has 0 bridgehead atoms. The topological polar surface area (TPSA) is 29.3 Å². The van der Waals surface area contributed by atoms with Gasteiger partial charge in [-0.05, 0) is 80.1 Å². The number of halogens is 1. The van der Waals surface area contributed by atoms with Crippen LogP contribution in [-0.2, 0) is 0 Å². The Labute approximate surface area is 146 Å². The summed E-state index contributed by atoms with van der Waals surface area (Å²) in [6.45, 7) is 6.65. The molecule has 3 rings (SSSR count). The highest BCUT2D eigenvalue weighted by Crippen LogP contribution is 2.45. The Kier molecular flexibility index (Phi) is 5.06. The lowest BCUT2D eigenvalue weighted by molar-refractivity contribution is 0.224. The van der Waals surface area contributed by atoms with Gasteiger partial charge in [-0.2, -0.15) is 0 Å². The maximum Gasteiger partial charge on any atom is 0.0444 e. The molecule has 0 radical (unpaired) electrons. The van der Waals surface area contributed by atoms with E-state index in [1.807, 2.05) is 0 Å². The highest BCUT2D eigenvalue weighted by Gasteiger charge is 2.31. The van der Waals surface area contributed by atoms with E-state index in [2.05, 4.69) is 44.0 Å². The molecule has 1 aromatic carbocycles. The molecule has 0 spiro atoms. The number of rotatable bonds is 3. The van der Waals surface area contributed by atoms with Crippen molar-refractivity contribution in [1.29, 1.82) is 0 Å². The fraction of sp³-hybridized carbons (Fsp3) is 0.700. The molecule has 3 heteroatoms. The first-order chi connectivity index (χ1) is 10.9. The van der Waals surface area contributed by atoms with Crippen molar-refractivity contribution in [3.8, 4) is 0 Å². The van der Waals surface area contributed by atoms with Crippen LogP contribution in [0.1, 0.15) is 69.0 Å². The largest absolute Gasteiger partial charge is 0.330 e. The zero-order chi connectivity index (χ0) is 16.6. The number of hydrogen-bond acceptors (Lipinski definition) is 2. The first-order valence-electron chi connectivity index (χ1n) is 9.09. The number of likely N-dealkylation sites (tertiary alicyclic amines) is 1. The van der Waals surface area contributed by atoms with Gasteiger partial charge in [0, 0.05) is 17.6 Å². The van der Waals surface area contributed by atoms with Crippen molar-refractivity contribution >= 4 is 11.6 Å².